The summed E-state index contributed by atoms with van der Waals surface area (Å²) in [7, 11) is 0. The molecule has 0 atom stereocenters. The van der Waals surface area contributed by atoms with Gasteiger partial charge in [0, 0.05) is 22.1 Å². The van der Waals surface area contributed by atoms with Gasteiger partial charge in [0.25, 0.3) is 0 Å². The standard InChI is InChI=1S/C48H33N3/c1-48(2)42-23-13-12-20-36(42)41-29-33(25-27-43(41)48)46-49-45(31-15-4-3-5-16-31)50-47(51-46)39-22-11-10-21-37(39)44-35-19-9-7-17-32(35)28-40-34-18-8-6-14-30(34)24-26-38(40)44/h3-29H,1-2H3. The second-order valence-electron chi connectivity index (χ2n) is 14.0. The zero-order valence-corrected chi connectivity index (χ0v) is 28.4. The number of rotatable bonds is 4. The monoisotopic (exact) mass is 651 g/mol. The van der Waals surface area contributed by atoms with Crippen LogP contribution in [-0.2, 0) is 5.41 Å². The third kappa shape index (κ3) is 4.62. The molecule has 1 aromatic heterocycles. The molecule has 0 N–H and O–H groups in total. The van der Waals surface area contributed by atoms with Gasteiger partial charge in [-0.05, 0) is 77.8 Å². The Kier molecular flexibility index (Phi) is 6.53. The van der Waals surface area contributed by atoms with Crippen molar-refractivity contribution in [1.82, 2.24) is 15.0 Å². The Labute approximate surface area is 297 Å². The first-order valence-corrected chi connectivity index (χ1v) is 17.5. The van der Waals surface area contributed by atoms with Gasteiger partial charge in [-0.2, -0.15) is 0 Å². The van der Waals surface area contributed by atoms with Crippen LogP contribution in [0.2, 0.25) is 0 Å². The van der Waals surface area contributed by atoms with Gasteiger partial charge in [0.05, 0.1) is 0 Å². The Morgan fingerprint density at radius 2 is 0.961 bits per heavy atom. The van der Waals surface area contributed by atoms with Crippen LogP contribution in [-0.4, -0.2) is 15.0 Å². The van der Waals surface area contributed by atoms with Gasteiger partial charge in [0.1, 0.15) is 0 Å². The Morgan fingerprint density at radius 3 is 1.78 bits per heavy atom. The molecule has 1 aliphatic carbocycles. The van der Waals surface area contributed by atoms with E-state index in [0.717, 1.165) is 22.3 Å². The summed E-state index contributed by atoms with van der Waals surface area (Å²) in [5.41, 5.74) is 10.3. The lowest BCUT2D eigenvalue weighted by atomic mass is 9.82. The molecule has 0 bridgehead atoms. The van der Waals surface area contributed by atoms with Crippen LogP contribution < -0.4 is 0 Å². The van der Waals surface area contributed by atoms with E-state index in [0.29, 0.717) is 17.5 Å². The lowest BCUT2D eigenvalue weighted by Gasteiger charge is -2.21. The molecule has 9 aromatic rings. The maximum atomic E-state index is 5.29. The zero-order chi connectivity index (χ0) is 34.1. The molecule has 240 valence electrons. The lowest BCUT2D eigenvalue weighted by Crippen LogP contribution is -2.14. The fraction of sp³-hybridized carbons (Fsp3) is 0.0625. The quantitative estimate of drug-likeness (QED) is 0.140. The third-order valence-corrected chi connectivity index (χ3v) is 10.7. The Hall–Kier alpha value is -6.45. The molecule has 3 nitrogen and oxygen atoms in total. The minimum atomic E-state index is -0.0740. The van der Waals surface area contributed by atoms with Crippen molar-refractivity contribution in [3.8, 4) is 56.4 Å². The number of fused-ring (bicyclic) bond motifs is 7. The van der Waals surface area contributed by atoms with Gasteiger partial charge in [-0.3, -0.25) is 0 Å². The smallest absolute Gasteiger partial charge is 0.164 e. The van der Waals surface area contributed by atoms with Crippen LogP contribution in [0.4, 0.5) is 0 Å². The number of benzene rings is 8. The summed E-state index contributed by atoms with van der Waals surface area (Å²) in [6.07, 6.45) is 0. The summed E-state index contributed by atoms with van der Waals surface area (Å²) in [6.45, 7) is 4.62. The fourth-order valence-electron chi connectivity index (χ4n) is 8.21. The first-order chi connectivity index (χ1) is 25.0. The van der Waals surface area contributed by atoms with Gasteiger partial charge in [-0.15, -0.1) is 0 Å². The van der Waals surface area contributed by atoms with E-state index >= 15 is 0 Å². The van der Waals surface area contributed by atoms with Crippen molar-refractivity contribution in [1.29, 1.82) is 0 Å². The Morgan fingerprint density at radius 1 is 0.353 bits per heavy atom. The predicted molar refractivity (Wildman–Crippen MR) is 212 cm³/mol. The molecule has 0 aliphatic heterocycles. The number of hydrogen-bond acceptors (Lipinski definition) is 3. The van der Waals surface area contributed by atoms with Crippen molar-refractivity contribution in [2.75, 3.05) is 0 Å². The Bertz CT molecular complexity index is 2830. The van der Waals surface area contributed by atoms with Gasteiger partial charge < -0.3 is 0 Å². The SMILES string of the molecule is CC1(C)c2ccccc2-c2cc(-c3nc(-c4ccccc4)nc(-c4ccccc4-c4c5ccccc5cc5c4ccc4ccccc45)n3)ccc21. The summed E-state index contributed by atoms with van der Waals surface area (Å²) in [6, 6.07) is 58.4. The molecule has 1 aliphatic rings. The highest BCUT2D eigenvalue weighted by Gasteiger charge is 2.35. The maximum absolute atomic E-state index is 5.29. The molecule has 0 unspecified atom stereocenters. The zero-order valence-electron chi connectivity index (χ0n) is 28.4. The molecule has 10 rings (SSSR count). The van der Waals surface area contributed by atoms with Crippen LogP contribution in [0.15, 0.2) is 164 Å². The van der Waals surface area contributed by atoms with E-state index in [9.17, 15) is 0 Å². The van der Waals surface area contributed by atoms with Gasteiger partial charge >= 0.3 is 0 Å². The van der Waals surface area contributed by atoms with Gasteiger partial charge in [-0.1, -0.05) is 166 Å². The highest BCUT2D eigenvalue weighted by molar-refractivity contribution is 6.21. The van der Waals surface area contributed by atoms with Crippen molar-refractivity contribution in [2.45, 2.75) is 19.3 Å². The molecule has 1 heterocycles. The summed E-state index contributed by atoms with van der Waals surface area (Å²) in [5.74, 6) is 1.96. The molecule has 51 heavy (non-hydrogen) atoms. The molecule has 0 spiro atoms. The topological polar surface area (TPSA) is 38.7 Å². The van der Waals surface area contributed by atoms with Crippen molar-refractivity contribution < 1.29 is 0 Å². The van der Waals surface area contributed by atoms with E-state index in [1.165, 1.54) is 60.1 Å². The highest BCUT2D eigenvalue weighted by Crippen LogP contribution is 2.49. The van der Waals surface area contributed by atoms with Crippen LogP contribution >= 0.6 is 0 Å². The Balaban J connectivity index is 1.23. The van der Waals surface area contributed by atoms with Crippen LogP contribution in [0.1, 0.15) is 25.0 Å². The second kappa shape index (κ2) is 11.3. The maximum Gasteiger partial charge on any atom is 0.164 e. The molecule has 0 saturated carbocycles. The van der Waals surface area contributed by atoms with Crippen molar-refractivity contribution >= 4 is 32.3 Å². The van der Waals surface area contributed by atoms with Gasteiger partial charge in [-0.25, -0.2) is 15.0 Å². The van der Waals surface area contributed by atoms with Crippen molar-refractivity contribution in [2.24, 2.45) is 0 Å². The minimum Gasteiger partial charge on any atom is -0.208 e. The van der Waals surface area contributed by atoms with Crippen LogP contribution in [0.3, 0.4) is 0 Å². The number of hydrogen-bond donors (Lipinski definition) is 0. The largest absolute Gasteiger partial charge is 0.208 e. The molecule has 0 amide bonds. The van der Waals surface area contributed by atoms with E-state index in [1.54, 1.807) is 0 Å². The summed E-state index contributed by atoms with van der Waals surface area (Å²) in [4.78, 5) is 15.6. The molecule has 0 fully saturated rings. The second-order valence-corrected chi connectivity index (χ2v) is 14.0. The fourth-order valence-corrected chi connectivity index (χ4v) is 8.21. The summed E-state index contributed by atoms with van der Waals surface area (Å²) in [5, 5.41) is 7.32. The van der Waals surface area contributed by atoms with Gasteiger partial charge in [0.15, 0.2) is 17.5 Å². The highest BCUT2D eigenvalue weighted by atomic mass is 15.0. The number of nitrogens with zero attached hydrogens (tertiary/aromatic N) is 3. The van der Waals surface area contributed by atoms with Crippen molar-refractivity contribution in [3.63, 3.8) is 0 Å². The summed E-state index contributed by atoms with van der Waals surface area (Å²) >= 11 is 0. The first kappa shape index (κ1) is 29.5. The van der Waals surface area contributed by atoms with Crippen LogP contribution in [0.25, 0.3) is 88.7 Å². The van der Waals surface area contributed by atoms with Crippen LogP contribution in [0, 0.1) is 0 Å². The predicted octanol–water partition coefficient (Wildman–Crippen LogP) is 12.3. The van der Waals surface area contributed by atoms with Gasteiger partial charge in [0.2, 0.25) is 0 Å². The molecule has 0 radical (unpaired) electrons. The molecule has 3 heteroatoms. The van der Waals surface area contributed by atoms with Crippen molar-refractivity contribution in [3.05, 3.63) is 175 Å². The normalized spacial score (nSPS) is 13.1. The van der Waals surface area contributed by atoms with Crippen LogP contribution in [0.5, 0.6) is 0 Å². The third-order valence-electron chi connectivity index (χ3n) is 10.7. The molecule has 8 aromatic carbocycles. The van der Waals surface area contributed by atoms with E-state index in [1.807, 2.05) is 18.2 Å². The van der Waals surface area contributed by atoms with E-state index in [4.69, 9.17) is 15.0 Å². The summed E-state index contributed by atoms with van der Waals surface area (Å²) < 4.78 is 0. The molecular weight excluding hydrogens is 619 g/mol. The number of aromatic nitrogens is 3. The van der Waals surface area contributed by atoms with E-state index < -0.39 is 0 Å². The average Bonchev–Trinajstić information content (AvgIpc) is 3.42. The minimum absolute atomic E-state index is 0.0740. The van der Waals surface area contributed by atoms with E-state index in [2.05, 4.69) is 159 Å². The van der Waals surface area contributed by atoms with E-state index in [-0.39, 0.29) is 5.41 Å². The average molecular weight is 652 g/mol. The molecular formula is C48H33N3. The lowest BCUT2D eigenvalue weighted by molar-refractivity contribution is 0.660. The first-order valence-electron chi connectivity index (χ1n) is 17.5. The molecule has 0 saturated heterocycles.